The summed E-state index contributed by atoms with van der Waals surface area (Å²) in [5.41, 5.74) is -0.961. The Hall–Kier alpha value is -2.19. The van der Waals surface area contributed by atoms with Gasteiger partial charge in [0.25, 0.3) is 0 Å². The Balaban J connectivity index is 1.57. The van der Waals surface area contributed by atoms with Crippen LogP contribution in [-0.2, 0) is 12.7 Å². The molecule has 6 nitrogen and oxygen atoms in total. The van der Waals surface area contributed by atoms with Gasteiger partial charge in [-0.15, -0.1) is 10.2 Å². The van der Waals surface area contributed by atoms with Gasteiger partial charge in [0.05, 0.1) is 0 Å². The first-order valence-corrected chi connectivity index (χ1v) is 7.00. The number of anilines is 1. The minimum Gasteiger partial charge on any atom is -0.355 e. The first-order valence-electron chi connectivity index (χ1n) is 7.00. The second-order valence-corrected chi connectivity index (χ2v) is 5.32. The van der Waals surface area contributed by atoms with Crippen LogP contribution in [0.2, 0.25) is 0 Å². The average molecular weight is 312 g/mol. The summed E-state index contributed by atoms with van der Waals surface area (Å²) in [5, 5.41) is 11.0. The summed E-state index contributed by atoms with van der Waals surface area (Å²) in [7, 11) is 0. The molecule has 1 aliphatic rings. The van der Waals surface area contributed by atoms with Crippen molar-refractivity contribution in [1.29, 1.82) is 0 Å². The van der Waals surface area contributed by atoms with Crippen LogP contribution in [0.25, 0.3) is 0 Å². The van der Waals surface area contributed by atoms with Crippen molar-refractivity contribution >= 4 is 5.82 Å². The van der Waals surface area contributed by atoms with E-state index in [0.717, 1.165) is 38.5 Å². The molecule has 0 saturated carbocycles. The van der Waals surface area contributed by atoms with Crippen molar-refractivity contribution < 1.29 is 13.2 Å². The zero-order valence-corrected chi connectivity index (χ0v) is 11.7. The van der Waals surface area contributed by atoms with E-state index in [0.29, 0.717) is 11.7 Å². The molecule has 1 fully saturated rings. The zero-order valence-electron chi connectivity index (χ0n) is 11.7. The summed E-state index contributed by atoms with van der Waals surface area (Å²) in [5.74, 6) is 0.979. The molecule has 1 saturated heterocycles. The first-order chi connectivity index (χ1) is 10.5. The van der Waals surface area contributed by atoms with Gasteiger partial charge in [-0.05, 0) is 30.9 Å². The van der Waals surface area contributed by atoms with Crippen molar-refractivity contribution in [3.63, 3.8) is 0 Å². The van der Waals surface area contributed by atoms with Crippen molar-refractivity contribution in [2.24, 2.45) is 5.92 Å². The van der Waals surface area contributed by atoms with Crippen LogP contribution in [0, 0.1) is 5.92 Å². The molecule has 2 aromatic heterocycles. The van der Waals surface area contributed by atoms with Gasteiger partial charge in [-0.1, -0.05) is 0 Å². The maximum atomic E-state index is 12.5. The van der Waals surface area contributed by atoms with Gasteiger partial charge in [0.15, 0.2) is 11.5 Å². The second-order valence-electron chi connectivity index (χ2n) is 5.32. The van der Waals surface area contributed by atoms with Crippen LogP contribution in [0.1, 0.15) is 18.5 Å². The molecule has 0 N–H and O–H groups in total. The van der Waals surface area contributed by atoms with Gasteiger partial charge in [0, 0.05) is 19.6 Å². The van der Waals surface area contributed by atoms with Gasteiger partial charge in [0.2, 0.25) is 0 Å². The van der Waals surface area contributed by atoms with Crippen LogP contribution in [0.15, 0.2) is 24.8 Å². The standard InChI is InChI=1S/C13H15F3N6/c14-13(15,16)11-1-2-12(20-19-11)21-5-3-10(4-6-21)7-22-9-17-8-18-22/h1-2,8-10H,3-7H2. The first kappa shape index (κ1) is 14.7. The van der Waals surface area contributed by atoms with Crippen molar-refractivity contribution in [2.45, 2.75) is 25.6 Å². The summed E-state index contributed by atoms with van der Waals surface area (Å²) in [6.07, 6.45) is 0.613. The van der Waals surface area contributed by atoms with Gasteiger partial charge in [-0.3, -0.25) is 4.68 Å². The van der Waals surface area contributed by atoms with E-state index in [2.05, 4.69) is 20.3 Å². The van der Waals surface area contributed by atoms with Crippen LogP contribution in [0.3, 0.4) is 0 Å². The number of rotatable bonds is 3. The van der Waals surface area contributed by atoms with Crippen molar-refractivity contribution in [3.8, 4) is 0 Å². The van der Waals surface area contributed by atoms with Crippen LogP contribution < -0.4 is 4.90 Å². The highest BCUT2D eigenvalue weighted by Gasteiger charge is 2.33. The highest BCUT2D eigenvalue weighted by Crippen LogP contribution is 2.28. The molecule has 2 aromatic rings. The number of piperidine rings is 1. The Morgan fingerprint density at radius 1 is 1.14 bits per heavy atom. The molecule has 0 bridgehead atoms. The molecule has 0 spiro atoms. The largest absolute Gasteiger partial charge is 0.435 e. The second kappa shape index (κ2) is 5.90. The molecule has 3 rings (SSSR count). The number of hydrogen-bond acceptors (Lipinski definition) is 5. The predicted molar refractivity (Wildman–Crippen MR) is 72.0 cm³/mol. The zero-order chi connectivity index (χ0) is 15.6. The molecule has 22 heavy (non-hydrogen) atoms. The van der Waals surface area contributed by atoms with Crippen LogP contribution in [0.5, 0.6) is 0 Å². The Labute approximate surface area is 125 Å². The topological polar surface area (TPSA) is 59.7 Å². The highest BCUT2D eigenvalue weighted by molar-refractivity contribution is 5.38. The van der Waals surface area contributed by atoms with E-state index < -0.39 is 11.9 Å². The van der Waals surface area contributed by atoms with Gasteiger partial charge in [0.1, 0.15) is 12.7 Å². The Kier molecular flexibility index (Phi) is 3.95. The summed E-state index contributed by atoms with van der Waals surface area (Å²) < 4.78 is 39.2. The summed E-state index contributed by atoms with van der Waals surface area (Å²) >= 11 is 0. The average Bonchev–Trinajstić information content (AvgIpc) is 3.00. The van der Waals surface area contributed by atoms with E-state index in [4.69, 9.17) is 0 Å². The van der Waals surface area contributed by atoms with Gasteiger partial charge < -0.3 is 4.90 Å². The van der Waals surface area contributed by atoms with Gasteiger partial charge in [-0.25, -0.2) is 4.98 Å². The highest BCUT2D eigenvalue weighted by atomic mass is 19.4. The number of hydrogen-bond donors (Lipinski definition) is 0. The molecule has 0 amide bonds. The number of nitrogens with zero attached hydrogens (tertiary/aromatic N) is 6. The molecule has 0 aliphatic carbocycles. The Morgan fingerprint density at radius 2 is 1.91 bits per heavy atom. The lowest BCUT2D eigenvalue weighted by Crippen LogP contribution is -2.35. The Bertz CT molecular complexity index is 587. The molecule has 118 valence electrons. The molecule has 0 aromatic carbocycles. The molecule has 0 radical (unpaired) electrons. The van der Waals surface area contributed by atoms with E-state index in [1.807, 2.05) is 4.90 Å². The van der Waals surface area contributed by atoms with Gasteiger partial charge in [-0.2, -0.15) is 18.3 Å². The molecule has 3 heterocycles. The smallest absolute Gasteiger partial charge is 0.355 e. The fraction of sp³-hybridized carbons (Fsp3) is 0.538. The van der Waals surface area contributed by atoms with Crippen LogP contribution in [0.4, 0.5) is 19.0 Å². The number of alkyl halides is 3. The maximum absolute atomic E-state index is 12.5. The number of aromatic nitrogens is 5. The van der Waals surface area contributed by atoms with E-state index in [1.165, 1.54) is 12.4 Å². The summed E-state index contributed by atoms with van der Waals surface area (Å²) in [4.78, 5) is 5.87. The molecule has 0 unspecified atom stereocenters. The lowest BCUT2D eigenvalue weighted by molar-refractivity contribution is -0.141. The van der Waals surface area contributed by atoms with E-state index >= 15 is 0 Å². The summed E-state index contributed by atoms with van der Waals surface area (Å²) in [6.45, 7) is 2.31. The summed E-state index contributed by atoms with van der Waals surface area (Å²) in [6, 6.07) is 2.36. The third-order valence-corrected chi connectivity index (χ3v) is 3.79. The third kappa shape index (κ3) is 3.34. The van der Waals surface area contributed by atoms with Crippen LogP contribution in [-0.4, -0.2) is 38.1 Å². The molecular formula is C13H15F3N6. The quantitative estimate of drug-likeness (QED) is 0.867. The Morgan fingerprint density at radius 3 is 2.45 bits per heavy atom. The van der Waals surface area contributed by atoms with Crippen molar-refractivity contribution in [1.82, 2.24) is 25.0 Å². The predicted octanol–water partition coefficient (Wildman–Crippen LogP) is 2.00. The van der Waals surface area contributed by atoms with Crippen molar-refractivity contribution in [2.75, 3.05) is 18.0 Å². The van der Waals surface area contributed by atoms with Crippen LogP contribution >= 0.6 is 0 Å². The SMILES string of the molecule is FC(F)(F)c1ccc(N2CCC(Cn3cncn3)CC2)nn1. The number of halogens is 3. The molecule has 0 atom stereocenters. The van der Waals surface area contributed by atoms with E-state index in [-0.39, 0.29) is 0 Å². The van der Waals surface area contributed by atoms with Gasteiger partial charge >= 0.3 is 6.18 Å². The normalized spacial score (nSPS) is 17.0. The minimum absolute atomic E-state index is 0.486. The third-order valence-electron chi connectivity index (χ3n) is 3.79. The van der Waals surface area contributed by atoms with E-state index in [1.54, 1.807) is 11.0 Å². The fourth-order valence-corrected chi connectivity index (χ4v) is 2.58. The molecular weight excluding hydrogens is 297 g/mol. The lowest BCUT2D eigenvalue weighted by Gasteiger charge is -2.32. The fourth-order valence-electron chi connectivity index (χ4n) is 2.58. The minimum atomic E-state index is -4.45. The van der Waals surface area contributed by atoms with E-state index in [9.17, 15) is 13.2 Å². The lowest BCUT2D eigenvalue weighted by atomic mass is 9.97. The molecule has 1 aliphatic heterocycles. The maximum Gasteiger partial charge on any atom is 0.435 e. The van der Waals surface area contributed by atoms with Crippen molar-refractivity contribution in [3.05, 3.63) is 30.5 Å². The monoisotopic (exact) mass is 312 g/mol. The molecule has 9 heteroatoms.